The summed E-state index contributed by atoms with van der Waals surface area (Å²) in [6.07, 6.45) is 2.19. The molecule has 2 aliphatic rings. The van der Waals surface area contributed by atoms with Crippen LogP contribution >= 0.6 is 0 Å². The van der Waals surface area contributed by atoms with Gasteiger partial charge in [0, 0.05) is 24.8 Å². The molecule has 3 rings (SSSR count). The molecule has 160 valence electrons. The SMILES string of the molecule is CCC(=O)N1CC[NH+](CCN=CC2C(=O)N(c3ccc([N+](=O)[O-])cc3)N=C2C)CC1. The second-order valence-corrected chi connectivity index (χ2v) is 7.43. The van der Waals surface area contributed by atoms with Gasteiger partial charge in [-0.3, -0.25) is 24.7 Å². The van der Waals surface area contributed by atoms with Gasteiger partial charge in [-0.05, 0) is 19.1 Å². The largest absolute Gasteiger partial charge is 0.331 e. The summed E-state index contributed by atoms with van der Waals surface area (Å²) in [6.45, 7) is 8.50. The molecule has 0 aliphatic carbocycles. The standard InChI is InChI=1S/C20H26N6O4/c1-3-19(27)24-12-10-23(11-13-24)9-8-21-14-18-15(2)22-25(20(18)28)16-4-6-17(7-5-16)26(29)30/h4-7,14,18H,3,8-13H2,1-2H3/p+1. The zero-order valence-corrected chi connectivity index (χ0v) is 17.3. The number of carbonyl (C=O) groups is 2. The van der Waals surface area contributed by atoms with Gasteiger partial charge in [0.15, 0.2) is 0 Å². The number of piperazine rings is 1. The number of rotatable bonds is 7. The van der Waals surface area contributed by atoms with E-state index in [0.29, 0.717) is 24.4 Å². The van der Waals surface area contributed by atoms with Gasteiger partial charge in [-0.15, -0.1) is 0 Å². The van der Waals surface area contributed by atoms with Crippen LogP contribution in [0.15, 0.2) is 34.4 Å². The van der Waals surface area contributed by atoms with Crippen LogP contribution in [0.25, 0.3) is 0 Å². The molecule has 10 heteroatoms. The predicted molar refractivity (Wildman–Crippen MR) is 113 cm³/mol. The fourth-order valence-electron chi connectivity index (χ4n) is 3.60. The maximum atomic E-state index is 12.7. The first-order valence-corrected chi connectivity index (χ1v) is 10.2. The van der Waals surface area contributed by atoms with Gasteiger partial charge >= 0.3 is 0 Å². The number of hydrogen-bond donors (Lipinski definition) is 1. The minimum atomic E-state index is -0.519. The Labute approximate surface area is 175 Å². The highest BCUT2D eigenvalue weighted by Crippen LogP contribution is 2.25. The van der Waals surface area contributed by atoms with E-state index in [9.17, 15) is 19.7 Å². The molecule has 0 radical (unpaired) electrons. The van der Waals surface area contributed by atoms with E-state index in [-0.39, 0.29) is 17.5 Å². The Morgan fingerprint density at radius 2 is 2.00 bits per heavy atom. The summed E-state index contributed by atoms with van der Waals surface area (Å²) in [6, 6.07) is 5.73. The molecule has 1 aromatic rings. The molecule has 1 atom stereocenters. The van der Waals surface area contributed by atoms with Gasteiger partial charge < -0.3 is 9.80 Å². The van der Waals surface area contributed by atoms with E-state index in [1.165, 1.54) is 34.2 Å². The van der Waals surface area contributed by atoms with Crippen molar-refractivity contribution in [3.63, 3.8) is 0 Å². The number of nitrogens with zero attached hydrogens (tertiary/aromatic N) is 5. The van der Waals surface area contributed by atoms with Crippen LogP contribution in [-0.2, 0) is 9.59 Å². The van der Waals surface area contributed by atoms with Crippen LogP contribution in [-0.4, -0.2) is 72.8 Å². The molecular weight excluding hydrogens is 388 g/mol. The van der Waals surface area contributed by atoms with Crippen LogP contribution in [0, 0.1) is 16.0 Å². The highest BCUT2D eigenvalue weighted by Gasteiger charge is 2.33. The van der Waals surface area contributed by atoms with Crippen molar-refractivity contribution in [3.05, 3.63) is 34.4 Å². The number of nitrogens with one attached hydrogen (secondary N) is 1. The van der Waals surface area contributed by atoms with Gasteiger partial charge in [0.2, 0.25) is 5.91 Å². The third kappa shape index (κ3) is 4.88. The summed E-state index contributed by atoms with van der Waals surface area (Å²) in [5, 5.41) is 16.3. The average molecular weight is 415 g/mol. The highest BCUT2D eigenvalue weighted by atomic mass is 16.6. The van der Waals surface area contributed by atoms with E-state index in [4.69, 9.17) is 0 Å². The molecule has 1 N–H and O–H groups in total. The van der Waals surface area contributed by atoms with Crippen LogP contribution in [0.3, 0.4) is 0 Å². The van der Waals surface area contributed by atoms with E-state index in [1.54, 1.807) is 13.1 Å². The van der Waals surface area contributed by atoms with Crippen molar-refractivity contribution in [2.75, 3.05) is 44.3 Å². The Balaban J connectivity index is 1.49. The van der Waals surface area contributed by atoms with E-state index in [1.807, 2.05) is 11.8 Å². The number of aliphatic imine (C=N–C) groups is 1. The second kappa shape index (κ2) is 9.57. The average Bonchev–Trinajstić information content (AvgIpc) is 3.04. The molecule has 30 heavy (non-hydrogen) atoms. The monoisotopic (exact) mass is 415 g/mol. The normalized spacial score (nSPS) is 20.1. The van der Waals surface area contributed by atoms with Crippen LogP contribution in [0.5, 0.6) is 0 Å². The maximum absolute atomic E-state index is 12.7. The number of benzene rings is 1. The number of nitro groups is 1. The van der Waals surface area contributed by atoms with Crippen molar-refractivity contribution in [2.45, 2.75) is 20.3 Å². The van der Waals surface area contributed by atoms with Gasteiger partial charge in [0.25, 0.3) is 11.6 Å². The summed E-state index contributed by atoms with van der Waals surface area (Å²) < 4.78 is 0. The lowest BCUT2D eigenvalue weighted by Crippen LogP contribution is -3.15. The first kappa shape index (κ1) is 21.6. The van der Waals surface area contributed by atoms with Gasteiger partial charge in [0.05, 0.1) is 55.6 Å². The number of carbonyl (C=O) groups excluding carboxylic acids is 2. The minimum Gasteiger partial charge on any atom is -0.331 e. The van der Waals surface area contributed by atoms with Gasteiger partial charge in [-0.2, -0.15) is 10.1 Å². The van der Waals surface area contributed by atoms with Crippen molar-refractivity contribution in [1.29, 1.82) is 0 Å². The highest BCUT2D eigenvalue weighted by molar-refractivity contribution is 6.23. The molecule has 0 spiro atoms. The molecule has 2 heterocycles. The molecule has 2 amide bonds. The van der Waals surface area contributed by atoms with E-state index >= 15 is 0 Å². The lowest BCUT2D eigenvalue weighted by Gasteiger charge is -2.31. The van der Waals surface area contributed by atoms with Gasteiger partial charge in [-0.25, -0.2) is 0 Å². The fraction of sp³-hybridized carbons (Fsp3) is 0.500. The van der Waals surface area contributed by atoms with Gasteiger partial charge in [0.1, 0.15) is 5.92 Å². The van der Waals surface area contributed by atoms with Crippen LogP contribution in [0.2, 0.25) is 0 Å². The second-order valence-electron chi connectivity index (χ2n) is 7.43. The maximum Gasteiger partial charge on any atom is 0.269 e. The van der Waals surface area contributed by atoms with Crippen molar-refractivity contribution >= 4 is 35.1 Å². The number of hydrogen-bond acceptors (Lipinski definition) is 6. The van der Waals surface area contributed by atoms with E-state index < -0.39 is 10.8 Å². The first-order chi connectivity index (χ1) is 14.4. The van der Waals surface area contributed by atoms with Crippen molar-refractivity contribution < 1.29 is 19.4 Å². The number of amides is 2. The van der Waals surface area contributed by atoms with Crippen molar-refractivity contribution in [1.82, 2.24) is 4.90 Å². The molecule has 0 saturated carbocycles. The van der Waals surface area contributed by atoms with Crippen LogP contribution < -0.4 is 9.91 Å². The quantitative estimate of drug-likeness (QED) is 0.388. The Hall–Kier alpha value is -3.14. The Morgan fingerprint density at radius 1 is 1.33 bits per heavy atom. The summed E-state index contributed by atoms with van der Waals surface area (Å²) in [4.78, 5) is 42.5. The van der Waals surface area contributed by atoms with Crippen LogP contribution in [0.4, 0.5) is 11.4 Å². The Morgan fingerprint density at radius 3 is 2.60 bits per heavy atom. The molecular formula is C20H27N6O4+. The first-order valence-electron chi connectivity index (χ1n) is 10.2. The summed E-state index contributed by atoms with van der Waals surface area (Å²) in [5.74, 6) is -0.530. The molecule has 1 saturated heterocycles. The van der Waals surface area contributed by atoms with E-state index in [0.717, 1.165) is 32.7 Å². The van der Waals surface area contributed by atoms with Gasteiger partial charge in [-0.1, -0.05) is 6.92 Å². The number of nitro benzene ring substituents is 1. The molecule has 2 aliphatic heterocycles. The summed E-state index contributed by atoms with van der Waals surface area (Å²) >= 11 is 0. The number of quaternary nitrogens is 1. The van der Waals surface area contributed by atoms with Crippen molar-refractivity contribution in [3.8, 4) is 0 Å². The Bertz CT molecular complexity index is 859. The summed E-state index contributed by atoms with van der Waals surface area (Å²) in [7, 11) is 0. The molecule has 0 aromatic heterocycles. The third-order valence-electron chi connectivity index (χ3n) is 5.46. The Kier molecular flexibility index (Phi) is 6.88. The summed E-state index contributed by atoms with van der Waals surface area (Å²) in [5.41, 5.74) is 1.09. The van der Waals surface area contributed by atoms with E-state index in [2.05, 4.69) is 10.1 Å². The zero-order valence-electron chi connectivity index (χ0n) is 17.3. The zero-order chi connectivity index (χ0) is 21.7. The van der Waals surface area contributed by atoms with Crippen molar-refractivity contribution in [2.24, 2.45) is 16.0 Å². The predicted octanol–water partition coefficient (Wildman–Crippen LogP) is 0.141. The smallest absolute Gasteiger partial charge is 0.269 e. The third-order valence-corrected chi connectivity index (χ3v) is 5.46. The number of hydrazone groups is 1. The number of anilines is 1. The molecule has 1 unspecified atom stereocenters. The van der Waals surface area contributed by atoms with Crippen LogP contribution in [0.1, 0.15) is 20.3 Å². The molecule has 1 aromatic carbocycles. The minimum absolute atomic E-state index is 0.0356. The number of non-ortho nitro benzene ring substituents is 1. The lowest BCUT2D eigenvalue weighted by molar-refractivity contribution is -0.902. The lowest BCUT2D eigenvalue weighted by atomic mass is 10.1. The molecule has 10 nitrogen and oxygen atoms in total. The molecule has 0 bridgehead atoms. The molecule has 1 fully saturated rings. The topological polar surface area (TPSA) is 113 Å². The fourth-order valence-corrected chi connectivity index (χ4v) is 3.60.